The monoisotopic (exact) mass is 516 g/mol. The van der Waals surface area contributed by atoms with Gasteiger partial charge in [-0.15, -0.1) is 0 Å². The highest BCUT2D eigenvalue weighted by Crippen LogP contribution is 2.08. The molecule has 0 atom stereocenters. The summed E-state index contributed by atoms with van der Waals surface area (Å²) in [5, 5.41) is 33.1. The highest BCUT2D eigenvalue weighted by molar-refractivity contribution is 5.67. The van der Waals surface area contributed by atoms with Crippen LogP contribution in [0.1, 0.15) is 142 Å². The minimum Gasteiger partial charge on any atom is -0.481 e. The first-order valence-corrected chi connectivity index (χ1v) is 13.7. The lowest BCUT2D eigenvalue weighted by Gasteiger charge is -1.98. The number of unbranched alkanes of at least 4 members (excludes halogenated alkanes) is 12. The summed E-state index contributed by atoms with van der Waals surface area (Å²) in [6.07, 6.45) is 22.0. The zero-order chi connectivity index (χ0) is 27.9. The molecule has 0 fully saturated rings. The fourth-order valence-corrected chi connectivity index (χ4v) is 3.04. The number of carbonyl (C=O) groups is 4. The third-order valence-electron chi connectivity index (χ3n) is 5.18. The van der Waals surface area contributed by atoms with Crippen LogP contribution in [0.2, 0.25) is 0 Å². The molecule has 8 nitrogen and oxygen atoms in total. The summed E-state index contributed by atoms with van der Waals surface area (Å²) in [6, 6.07) is 0. The second-order valence-electron chi connectivity index (χ2n) is 8.87. The summed E-state index contributed by atoms with van der Waals surface area (Å²) >= 11 is 0. The number of hydrogen-bond acceptors (Lipinski definition) is 4. The molecule has 0 aromatic rings. The number of rotatable bonds is 22. The predicted octanol–water partition coefficient (Wildman–Crippen LogP) is 7.70. The van der Waals surface area contributed by atoms with Gasteiger partial charge in [-0.05, 0) is 44.9 Å². The van der Waals surface area contributed by atoms with Gasteiger partial charge in [-0.2, -0.15) is 0 Å². The maximum Gasteiger partial charge on any atom is 0.303 e. The molecule has 4 N–H and O–H groups in total. The van der Waals surface area contributed by atoms with E-state index >= 15 is 0 Å². The Balaban J connectivity index is -0.000000488. The summed E-state index contributed by atoms with van der Waals surface area (Å²) in [5.41, 5.74) is 0. The van der Waals surface area contributed by atoms with Crippen molar-refractivity contribution in [2.45, 2.75) is 142 Å². The predicted molar refractivity (Wildman–Crippen MR) is 143 cm³/mol. The van der Waals surface area contributed by atoms with E-state index in [-0.39, 0.29) is 12.8 Å². The van der Waals surface area contributed by atoms with Crippen LogP contribution < -0.4 is 0 Å². The lowest BCUT2D eigenvalue weighted by atomic mass is 10.1. The Morgan fingerprint density at radius 1 is 0.417 bits per heavy atom. The van der Waals surface area contributed by atoms with Crippen molar-refractivity contribution in [1.82, 2.24) is 0 Å². The molecule has 0 rings (SSSR count). The average molecular weight is 517 g/mol. The molecule has 0 aliphatic carbocycles. The van der Waals surface area contributed by atoms with E-state index in [0.29, 0.717) is 25.7 Å². The SMILES string of the molecule is CCCC/C=C\CCCCCCCC(=O)O.CCCCC(=O)O.O=C(O)CCCCCCCC(=O)O. The molecule has 0 heterocycles. The molecule has 8 heteroatoms. The summed E-state index contributed by atoms with van der Waals surface area (Å²) in [7, 11) is 0. The largest absolute Gasteiger partial charge is 0.481 e. The molecule has 0 aromatic heterocycles. The standard InChI is InChI=1S/C14H26O2.C9H16O4.C5H10O2/c1-2-3-4-5-6-7-8-9-10-11-12-13-14(15)16;10-8(11)6-4-2-1-3-5-7-9(12)13;1-2-3-4-5(6)7/h5-6H,2-4,7-13H2,1H3,(H,15,16);1-7H2,(H,10,11)(H,12,13);2-4H2,1H3,(H,6,7)/b6-5-;;. The van der Waals surface area contributed by atoms with E-state index in [0.717, 1.165) is 44.9 Å². The molecule has 0 amide bonds. The Morgan fingerprint density at radius 3 is 1.00 bits per heavy atom. The van der Waals surface area contributed by atoms with Crippen molar-refractivity contribution in [3.05, 3.63) is 12.2 Å². The third kappa shape index (κ3) is 48.9. The van der Waals surface area contributed by atoms with Gasteiger partial charge >= 0.3 is 23.9 Å². The Morgan fingerprint density at radius 2 is 0.694 bits per heavy atom. The minimum absolute atomic E-state index is 0.221. The van der Waals surface area contributed by atoms with Crippen LogP contribution in [0, 0.1) is 0 Å². The van der Waals surface area contributed by atoms with Gasteiger partial charge in [0.2, 0.25) is 0 Å². The average Bonchev–Trinajstić information content (AvgIpc) is 2.81. The van der Waals surface area contributed by atoms with Crippen molar-refractivity contribution in [1.29, 1.82) is 0 Å². The molecule has 0 bridgehead atoms. The lowest BCUT2D eigenvalue weighted by molar-refractivity contribution is -0.138. The van der Waals surface area contributed by atoms with E-state index in [4.69, 9.17) is 20.4 Å². The molecular weight excluding hydrogens is 464 g/mol. The first kappa shape index (κ1) is 38.2. The third-order valence-corrected chi connectivity index (χ3v) is 5.18. The topological polar surface area (TPSA) is 149 Å². The van der Waals surface area contributed by atoms with E-state index in [1.807, 2.05) is 6.92 Å². The molecule has 0 radical (unpaired) electrons. The van der Waals surface area contributed by atoms with E-state index in [1.165, 1.54) is 44.9 Å². The highest BCUT2D eigenvalue weighted by atomic mass is 16.4. The van der Waals surface area contributed by atoms with Crippen LogP contribution in [-0.2, 0) is 19.2 Å². The van der Waals surface area contributed by atoms with Gasteiger partial charge in [-0.3, -0.25) is 19.2 Å². The van der Waals surface area contributed by atoms with Gasteiger partial charge in [0.25, 0.3) is 0 Å². The van der Waals surface area contributed by atoms with E-state index in [1.54, 1.807) is 0 Å². The molecule has 0 spiro atoms. The first-order chi connectivity index (χ1) is 17.2. The van der Waals surface area contributed by atoms with Gasteiger partial charge in [0.05, 0.1) is 0 Å². The van der Waals surface area contributed by atoms with Crippen LogP contribution in [0.5, 0.6) is 0 Å². The fraction of sp³-hybridized carbons (Fsp3) is 0.786. The van der Waals surface area contributed by atoms with Gasteiger partial charge in [0.15, 0.2) is 0 Å². The Hall–Kier alpha value is -2.38. The molecule has 0 saturated heterocycles. The summed E-state index contributed by atoms with van der Waals surface area (Å²) in [6.45, 7) is 4.19. The molecule has 0 aliphatic rings. The van der Waals surface area contributed by atoms with Crippen LogP contribution in [0.25, 0.3) is 0 Å². The summed E-state index contributed by atoms with van der Waals surface area (Å²) in [4.78, 5) is 40.2. The molecule has 0 saturated carbocycles. The lowest BCUT2D eigenvalue weighted by Crippen LogP contribution is -1.95. The number of hydrogen-bond donors (Lipinski definition) is 4. The quantitative estimate of drug-likeness (QED) is 0.0844. The van der Waals surface area contributed by atoms with Gasteiger partial charge < -0.3 is 20.4 Å². The fourth-order valence-electron chi connectivity index (χ4n) is 3.04. The highest BCUT2D eigenvalue weighted by Gasteiger charge is 1.98. The van der Waals surface area contributed by atoms with Crippen molar-refractivity contribution in [3.63, 3.8) is 0 Å². The van der Waals surface area contributed by atoms with E-state index in [2.05, 4.69) is 19.1 Å². The maximum atomic E-state index is 10.3. The van der Waals surface area contributed by atoms with Crippen molar-refractivity contribution in [3.8, 4) is 0 Å². The first-order valence-electron chi connectivity index (χ1n) is 13.7. The van der Waals surface area contributed by atoms with Crippen molar-refractivity contribution >= 4 is 23.9 Å². The summed E-state index contributed by atoms with van der Waals surface area (Å²) in [5.74, 6) is -2.88. The zero-order valence-electron chi connectivity index (χ0n) is 22.7. The Kier molecular flexibility index (Phi) is 34.6. The molecule has 36 heavy (non-hydrogen) atoms. The Bertz CT molecular complexity index is 540. The van der Waals surface area contributed by atoms with Crippen LogP contribution in [0.3, 0.4) is 0 Å². The number of allylic oxidation sites excluding steroid dienone is 2. The second kappa shape index (κ2) is 32.6. The van der Waals surface area contributed by atoms with Crippen LogP contribution in [0.4, 0.5) is 0 Å². The number of aliphatic carboxylic acids is 4. The van der Waals surface area contributed by atoms with E-state index < -0.39 is 23.9 Å². The molecule has 0 aromatic carbocycles. The maximum absolute atomic E-state index is 10.3. The molecule has 0 aliphatic heterocycles. The van der Waals surface area contributed by atoms with Crippen LogP contribution >= 0.6 is 0 Å². The van der Waals surface area contributed by atoms with Crippen molar-refractivity contribution in [2.75, 3.05) is 0 Å². The number of carboxylic acids is 4. The van der Waals surface area contributed by atoms with Crippen molar-refractivity contribution < 1.29 is 39.6 Å². The molecule has 0 unspecified atom stereocenters. The summed E-state index contributed by atoms with van der Waals surface area (Å²) < 4.78 is 0. The molecule has 212 valence electrons. The van der Waals surface area contributed by atoms with Gasteiger partial charge in [0, 0.05) is 25.7 Å². The number of carboxylic acid groups (broad SMARTS) is 4. The van der Waals surface area contributed by atoms with Gasteiger partial charge in [-0.25, -0.2) is 0 Å². The van der Waals surface area contributed by atoms with Crippen molar-refractivity contribution in [2.24, 2.45) is 0 Å². The zero-order valence-corrected chi connectivity index (χ0v) is 22.7. The van der Waals surface area contributed by atoms with Gasteiger partial charge in [-0.1, -0.05) is 83.8 Å². The van der Waals surface area contributed by atoms with Crippen LogP contribution in [0.15, 0.2) is 12.2 Å². The minimum atomic E-state index is -0.759. The van der Waals surface area contributed by atoms with Gasteiger partial charge in [0.1, 0.15) is 0 Å². The van der Waals surface area contributed by atoms with E-state index in [9.17, 15) is 19.2 Å². The molecular formula is C28H52O8. The Labute approximate surface area is 218 Å². The normalized spacial score (nSPS) is 10.2. The smallest absolute Gasteiger partial charge is 0.303 e. The second-order valence-corrected chi connectivity index (χ2v) is 8.87. The van der Waals surface area contributed by atoms with Crippen LogP contribution in [-0.4, -0.2) is 44.3 Å².